The second kappa shape index (κ2) is 7.08. The van der Waals surface area contributed by atoms with E-state index < -0.39 is 0 Å². The zero-order chi connectivity index (χ0) is 15.3. The van der Waals surface area contributed by atoms with Crippen LogP contribution in [0.1, 0.15) is 52.7 Å². The molecule has 108 valence electrons. The maximum absolute atomic E-state index is 3.55. The van der Waals surface area contributed by atoms with E-state index in [-0.39, 0.29) is 5.41 Å². The lowest BCUT2D eigenvalue weighted by atomic mass is 9.82. The van der Waals surface area contributed by atoms with Crippen LogP contribution in [0.2, 0.25) is 0 Å². The first-order valence-corrected chi connectivity index (χ1v) is 8.30. The van der Waals surface area contributed by atoms with E-state index in [1.54, 1.807) is 0 Å². The molecule has 0 saturated carbocycles. The highest BCUT2D eigenvalue weighted by atomic mass is 79.9. The van der Waals surface area contributed by atoms with E-state index in [4.69, 9.17) is 0 Å². The first kappa shape index (κ1) is 17.0. The Balaban J connectivity index is 0.000000461. The quantitative estimate of drug-likeness (QED) is 0.497. The normalized spacial score (nSPS) is 13.2. The molecule has 0 N–H and O–H groups in total. The predicted octanol–water partition coefficient (Wildman–Crippen LogP) is 6.81. The van der Waals surface area contributed by atoms with Crippen LogP contribution >= 0.6 is 15.9 Å². The Morgan fingerprint density at radius 3 is 1.95 bits per heavy atom. The van der Waals surface area contributed by atoms with Crippen LogP contribution in [0.3, 0.4) is 0 Å². The molecular weight excluding hydrogens is 308 g/mol. The molecule has 20 heavy (non-hydrogen) atoms. The minimum Gasteiger partial charge on any atom is -0.0683 e. The molecular formula is C19H25Br. The van der Waals surface area contributed by atoms with Gasteiger partial charge in [0.25, 0.3) is 0 Å². The van der Waals surface area contributed by atoms with Crippen LogP contribution in [-0.4, -0.2) is 0 Å². The van der Waals surface area contributed by atoms with Crippen molar-refractivity contribution in [1.82, 2.24) is 0 Å². The molecule has 0 atom stereocenters. The van der Waals surface area contributed by atoms with Gasteiger partial charge in [0.15, 0.2) is 0 Å². The molecule has 0 amide bonds. The summed E-state index contributed by atoms with van der Waals surface area (Å²) in [5.74, 6) is 0. The molecule has 0 bridgehead atoms. The van der Waals surface area contributed by atoms with Gasteiger partial charge in [0.1, 0.15) is 0 Å². The minimum atomic E-state index is 0.132. The van der Waals surface area contributed by atoms with Crippen LogP contribution in [-0.2, 0) is 5.41 Å². The van der Waals surface area contributed by atoms with Gasteiger partial charge >= 0.3 is 0 Å². The summed E-state index contributed by atoms with van der Waals surface area (Å²) in [6, 6.07) is 15.3. The lowest BCUT2D eigenvalue weighted by molar-refractivity contribution is 0.660. The Bertz CT molecular complexity index is 568. The van der Waals surface area contributed by atoms with E-state index in [0.29, 0.717) is 0 Å². The lowest BCUT2D eigenvalue weighted by Gasteiger charge is -2.21. The van der Waals surface area contributed by atoms with Gasteiger partial charge in [-0.1, -0.05) is 87.8 Å². The summed E-state index contributed by atoms with van der Waals surface area (Å²) in [7, 11) is 0. The summed E-state index contributed by atoms with van der Waals surface area (Å²) in [6.45, 7) is 12.6. The van der Waals surface area contributed by atoms with Gasteiger partial charge in [0.05, 0.1) is 0 Å². The third kappa shape index (κ3) is 2.83. The van der Waals surface area contributed by atoms with Gasteiger partial charge in [-0.05, 0) is 34.4 Å². The van der Waals surface area contributed by atoms with E-state index in [1.165, 1.54) is 22.3 Å². The van der Waals surface area contributed by atoms with E-state index >= 15 is 0 Å². The monoisotopic (exact) mass is 332 g/mol. The molecule has 2 aromatic rings. The average Bonchev–Trinajstić information content (AvgIpc) is 2.72. The van der Waals surface area contributed by atoms with Gasteiger partial charge < -0.3 is 0 Å². The Morgan fingerprint density at radius 2 is 1.30 bits per heavy atom. The lowest BCUT2D eigenvalue weighted by Crippen LogP contribution is -2.14. The van der Waals surface area contributed by atoms with E-state index in [1.807, 2.05) is 27.7 Å². The molecule has 0 spiro atoms. The number of rotatable bonds is 0. The van der Waals surface area contributed by atoms with Gasteiger partial charge in [0.2, 0.25) is 0 Å². The van der Waals surface area contributed by atoms with Crippen molar-refractivity contribution in [2.45, 2.75) is 47.0 Å². The molecule has 1 aliphatic carbocycles. The highest BCUT2D eigenvalue weighted by Gasteiger charge is 2.34. The summed E-state index contributed by atoms with van der Waals surface area (Å²) in [5.41, 5.74) is 5.74. The first-order chi connectivity index (χ1) is 9.60. The number of halogens is 1. The minimum absolute atomic E-state index is 0.132. The van der Waals surface area contributed by atoms with Crippen molar-refractivity contribution in [3.8, 4) is 11.1 Å². The third-order valence-corrected chi connectivity index (χ3v) is 4.04. The topological polar surface area (TPSA) is 0 Å². The second-order valence-electron chi connectivity index (χ2n) is 4.86. The second-order valence-corrected chi connectivity index (χ2v) is 5.78. The summed E-state index contributed by atoms with van der Waals surface area (Å²) in [4.78, 5) is 0. The molecule has 1 heteroatoms. The van der Waals surface area contributed by atoms with Crippen molar-refractivity contribution in [2.75, 3.05) is 0 Å². The van der Waals surface area contributed by atoms with Gasteiger partial charge in [0, 0.05) is 9.89 Å². The van der Waals surface area contributed by atoms with Crippen LogP contribution in [0.25, 0.3) is 11.1 Å². The van der Waals surface area contributed by atoms with Gasteiger partial charge in [-0.25, -0.2) is 0 Å². The Kier molecular flexibility index (Phi) is 6.01. The smallest absolute Gasteiger partial charge is 0.0181 e. The van der Waals surface area contributed by atoms with Crippen molar-refractivity contribution in [2.24, 2.45) is 0 Å². The highest BCUT2D eigenvalue weighted by Crippen LogP contribution is 2.48. The van der Waals surface area contributed by atoms with Gasteiger partial charge in [-0.3, -0.25) is 0 Å². The number of hydrogen-bond donors (Lipinski definition) is 0. The van der Waals surface area contributed by atoms with E-state index in [0.717, 1.165) is 4.47 Å². The molecule has 1 aliphatic rings. The maximum Gasteiger partial charge on any atom is 0.0181 e. The molecule has 0 radical (unpaired) electrons. The number of benzene rings is 2. The fraction of sp³-hybridized carbons (Fsp3) is 0.368. The maximum atomic E-state index is 3.55. The van der Waals surface area contributed by atoms with E-state index in [2.05, 4.69) is 72.2 Å². The SMILES string of the molecule is CC.CC.CC1(C)c2ccccc2-c2cc(Br)ccc21. The average molecular weight is 333 g/mol. The predicted molar refractivity (Wildman–Crippen MR) is 94.4 cm³/mol. The Labute approximate surface area is 132 Å². The molecule has 0 heterocycles. The zero-order valence-corrected chi connectivity index (χ0v) is 15.0. The number of hydrogen-bond acceptors (Lipinski definition) is 0. The first-order valence-electron chi connectivity index (χ1n) is 7.50. The summed E-state index contributed by atoms with van der Waals surface area (Å²) < 4.78 is 1.15. The van der Waals surface area contributed by atoms with Crippen molar-refractivity contribution >= 4 is 15.9 Å². The molecule has 0 fully saturated rings. The largest absolute Gasteiger partial charge is 0.0683 e. The molecule has 2 aromatic carbocycles. The summed E-state index contributed by atoms with van der Waals surface area (Å²) in [5, 5.41) is 0. The fourth-order valence-corrected chi connectivity index (χ4v) is 3.05. The van der Waals surface area contributed by atoms with E-state index in [9.17, 15) is 0 Å². The molecule has 0 nitrogen and oxygen atoms in total. The third-order valence-electron chi connectivity index (χ3n) is 3.55. The van der Waals surface area contributed by atoms with Crippen molar-refractivity contribution in [1.29, 1.82) is 0 Å². The van der Waals surface area contributed by atoms with Crippen LogP contribution in [0.15, 0.2) is 46.9 Å². The van der Waals surface area contributed by atoms with Crippen molar-refractivity contribution in [3.05, 3.63) is 58.1 Å². The Hall–Kier alpha value is -1.08. The highest BCUT2D eigenvalue weighted by molar-refractivity contribution is 9.10. The molecule has 0 unspecified atom stereocenters. The Morgan fingerprint density at radius 1 is 0.750 bits per heavy atom. The standard InChI is InChI=1S/C15H13Br.2C2H6/c1-15(2)13-6-4-3-5-11(13)12-9-10(16)7-8-14(12)15;2*1-2/h3-9H,1-2H3;2*1-2H3. The summed E-state index contributed by atoms with van der Waals surface area (Å²) >= 11 is 3.55. The fourth-order valence-electron chi connectivity index (χ4n) is 2.69. The number of fused-ring (bicyclic) bond motifs is 3. The van der Waals surface area contributed by atoms with Crippen molar-refractivity contribution < 1.29 is 0 Å². The molecule has 3 rings (SSSR count). The van der Waals surface area contributed by atoms with Crippen molar-refractivity contribution in [3.63, 3.8) is 0 Å². The zero-order valence-electron chi connectivity index (χ0n) is 13.4. The van der Waals surface area contributed by atoms with Gasteiger partial charge in [-0.15, -0.1) is 0 Å². The van der Waals surface area contributed by atoms with Crippen LogP contribution in [0.5, 0.6) is 0 Å². The molecule has 0 aromatic heterocycles. The molecule has 0 aliphatic heterocycles. The van der Waals surface area contributed by atoms with Gasteiger partial charge in [-0.2, -0.15) is 0 Å². The molecule has 0 saturated heterocycles. The van der Waals surface area contributed by atoms with Crippen LogP contribution in [0, 0.1) is 0 Å². The summed E-state index contributed by atoms with van der Waals surface area (Å²) in [6.07, 6.45) is 0. The van der Waals surface area contributed by atoms with Crippen LogP contribution < -0.4 is 0 Å². The van der Waals surface area contributed by atoms with Crippen LogP contribution in [0.4, 0.5) is 0 Å².